The molecule has 1 aromatic carbocycles. The first-order valence-electron chi connectivity index (χ1n) is 7.76. The van der Waals surface area contributed by atoms with E-state index in [0.29, 0.717) is 26.4 Å². The van der Waals surface area contributed by atoms with Gasteiger partial charge in [-0.1, -0.05) is 23.2 Å². The van der Waals surface area contributed by atoms with Crippen LogP contribution in [0.5, 0.6) is 0 Å². The van der Waals surface area contributed by atoms with E-state index < -0.39 is 23.0 Å². The normalized spacial score (nSPS) is 18.2. The first kappa shape index (κ1) is 19.7. The standard InChI is InChI=1S/C17H7Cl2F3N4O2S/c18-10-3-1-7(5-11(10)19)12-4-2-8(28-12)6-9-13(23)26-16(24-14(9)27)29-15(25-26)17(20,21)22/h1-6,23H/b9-6-,23-13?. The molecule has 1 amide bonds. The summed E-state index contributed by atoms with van der Waals surface area (Å²) in [4.78, 5) is 15.8. The Morgan fingerprint density at radius 2 is 1.93 bits per heavy atom. The molecule has 0 saturated carbocycles. The average molecular weight is 459 g/mol. The minimum absolute atomic E-state index is 0.187. The molecular formula is C17H7Cl2F3N4O2S. The molecule has 0 saturated heterocycles. The number of fused-ring (bicyclic) bond motifs is 1. The second-order valence-electron chi connectivity index (χ2n) is 5.75. The van der Waals surface area contributed by atoms with E-state index in [9.17, 15) is 18.0 Å². The van der Waals surface area contributed by atoms with E-state index in [4.69, 9.17) is 33.0 Å². The fourth-order valence-corrected chi connectivity index (χ4v) is 3.54. The molecule has 148 valence electrons. The molecule has 0 spiro atoms. The molecule has 2 aromatic rings. The number of hydrogen-bond donors (Lipinski definition) is 1. The van der Waals surface area contributed by atoms with Gasteiger partial charge in [0.2, 0.25) is 10.2 Å². The van der Waals surface area contributed by atoms with Crippen LogP contribution in [0, 0.1) is 5.41 Å². The molecule has 3 heterocycles. The van der Waals surface area contributed by atoms with Gasteiger partial charge in [-0.2, -0.15) is 28.3 Å². The Morgan fingerprint density at radius 1 is 1.17 bits per heavy atom. The molecule has 29 heavy (non-hydrogen) atoms. The maximum atomic E-state index is 12.9. The fraction of sp³-hybridized carbons (Fsp3) is 0.0588. The molecule has 0 fully saturated rings. The van der Waals surface area contributed by atoms with E-state index in [0.717, 1.165) is 0 Å². The Labute approximate surface area is 175 Å². The molecule has 0 bridgehead atoms. The Kier molecular flexibility index (Phi) is 4.80. The maximum absolute atomic E-state index is 12.9. The number of hydrazone groups is 1. The third kappa shape index (κ3) is 3.70. The quantitative estimate of drug-likeness (QED) is 0.607. The predicted octanol–water partition coefficient (Wildman–Crippen LogP) is 5.43. The predicted molar refractivity (Wildman–Crippen MR) is 105 cm³/mol. The molecule has 0 aliphatic carbocycles. The number of hydrogen-bond acceptors (Lipinski definition) is 5. The molecule has 6 nitrogen and oxygen atoms in total. The number of furan rings is 1. The van der Waals surface area contributed by atoms with Gasteiger partial charge < -0.3 is 4.42 Å². The summed E-state index contributed by atoms with van der Waals surface area (Å²) in [7, 11) is 0. The minimum Gasteiger partial charge on any atom is -0.457 e. The second kappa shape index (κ2) is 7.05. The van der Waals surface area contributed by atoms with Crippen LogP contribution in [0.4, 0.5) is 13.2 Å². The summed E-state index contributed by atoms with van der Waals surface area (Å²) >= 11 is 12.1. The number of aliphatic imine (C=N–C) groups is 1. The van der Waals surface area contributed by atoms with Crippen molar-refractivity contribution in [1.82, 2.24) is 5.01 Å². The fourth-order valence-electron chi connectivity index (χ4n) is 2.48. The molecule has 4 rings (SSSR count). The zero-order chi connectivity index (χ0) is 20.9. The van der Waals surface area contributed by atoms with Crippen LogP contribution in [-0.4, -0.2) is 33.1 Å². The van der Waals surface area contributed by atoms with E-state index in [1.165, 1.54) is 12.1 Å². The number of nitrogens with one attached hydrogen (secondary N) is 1. The lowest BCUT2D eigenvalue weighted by Gasteiger charge is -2.19. The number of thioether (sulfide) groups is 1. The summed E-state index contributed by atoms with van der Waals surface area (Å²) in [5.41, 5.74) is 0.376. The number of amides is 1. The van der Waals surface area contributed by atoms with Crippen LogP contribution < -0.4 is 0 Å². The first-order chi connectivity index (χ1) is 13.6. The molecule has 2 aliphatic heterocycles. The van der Waals surface area contributed by atoms with Crippen molar-refractivity contribution in [2.75, 3.05) is 0 Å². The Hall–Kier alpha value is -2.56. The van der Waals surface area contributed by atoms with Gasteiger partial charge in [0.15, 0.2) is 5.84 Å². The number of benzene rings is 1. The number of carbonyl (C=O) groups excluding carboxylic acids is 1. The molecule has 1 aromatic heterocycles. The molecule has 2 aliphatic rings. The summed E-state index contributed by atoms with van der Waals surface area (Å²) in [5, 5.41) is 11.3. The number of rotatable bonds is 2. The van der Waals surface area contributed by atoms with Gasteiger partial charge in [-0.25, -0.2) is 0 Å². The highest BCUT2D eigenvalue weighted by Gasteiger charge is 2.46. The van der Waals surface area contributed by atoms with E-state index in [1.807, 2.05) is 0 Å². The second-order valence-corrected chi connectivity index (χ2v) is 7.52. The first-order valence-corrected chi connectivity index (χ1v) is 9.33. The van der Waals surface area contributed by atoms with Gasteiger partial charge in [0, 0.05) is 5.56 Å². The zero-order valence-corrected chi connectivity index (χ0v) is 16.2. The van der Waals surface area contributed by atoms with Gasteiger partial charge in [-0.3, -0.25) is 10.2 Å². The Morgan fingerprint density at radius 3 is 2.62 bits per heavy atom. The monoisotopic (exact) mass is 458 g/mol. The van der Waals surface area contributed by atoms with Crippen molar-refractivity contribution in [3.63, 3.8) is 0 Å². The SMILES string of the molecule is N=C1/C(=C/c2ccc(-c3ccc(Cl)c(Cl)c3)o2)C(=O)N=C2SC(C(F)(F)F)=NN12. The van der Waals surface area contributed by atoms with Crippen LogP contribution in [0.15, 0.2) is 50.4 Å². The van der Waals surface area contributed by atoms with Gasteiger partial charge in [-0.05, 0) is 48.2 Å². The largest absolute Gasteiger partial charge is 0.457 e. The van der Waals surface area contributed by atoms with Crippen molar-refractivity contribution in [2.45, 2.75) is 6.18 Å². The van der Waals surface area contributed by atoms with E-state index in [1.54, 1.807) is 24.3 Å². The van der Waals surface area contributed by atoms with Crippen molar-refractivity contribution >= 4 is 63.0 Å². The number of alkyl halides is 3. The summed E-state index contributed by atoms with van der Waals surface area (Å²) < 4.78 is 44.2. The van der Waals surface area contributed by atoms with Gasteiger partial charge in [-0.15, -0.1) is 0 Å². The highest BCUT2D eigenvalue weighted by Crippen LogP contribution is 2.36. The van der Waals surface area contributed by atoms with Crippen LogP contribution in [0.1, 0.15) is 5.76 Å². The number of halogens is 5. The smallest absolute Gasteiger partial charge is 0.441 e. The highest BCUT2D eigenvalue weighted by molar-refractivity contribution is 8.27. The van der Waals surface area contributed by atoms with Crippen LogP contribution in [0.2, 0.25) is 10.0 Å². The molecule has 0 atom stereocenters. The topological polar surface area (TPSA) is 82.0 Å². The summed E-state index contributed by atoms with van der Waals surface area (Å²) in [6, 6.07) is 8.02. The zero-order valence-electron chi connectivity index (χ0n) is 13.9. The van der Waals surface area contributed by atoms with Crippen molar-refractivity contribution in [3.05, 3.63) is 51.7 Å². The van der Waals surface area contributed by atoms with Crippen LogP contribution in [0.3, 0.4) is 0 Å². The van der Waals surface area contributed by atoms with Gasteiger partial charge in [0.25, 0.3) is 5.91 Å². The third-order valence-corrected chi connectivity index (χ3v) is 5.51. The molecular weight excluding hydrogens is 452 g/mol. The van der Waals surface area contributed by atoms with Crippen LogP contribution in [0.25, 0.3) is 17.4 Å². The van der Waals surface area contributed by atoms with Crippen molar-refractivity contribution in [3.8, 4) is 11.3 Å². The van der Waals surface area contributed by atoms with Gasteiger partial charge in [0.1, 0.15) is 11.5 Å². The lowest BCUT2D eigenvalue weighted by Crippen LogP contribution is -2.35. The Bertz CT molecular complexity index is 1150. The highest BCUT2D eigenvalue weighted by atomic mass is 35.5. The van der Waals surface area contributed by atoms with Crippen molar-refractivity contribution in [2.24, 2.45) is 10.1 Å². The molecule has 12 heteroatoms. The van der Waals surface area contributed by atoms with E-state index >= 15 is 0 Å². The van der Waals surface area contributed by atoms with Crippen LogP contribution >= 0.6 is 35.0 Å². The van der Waals surface area contributed by atoms with Crippen LogP contribution in [-0.2, 0) is 4.79 Å². The summed E-state index contributed by atoms with van der Waals surface area (Å²) in [5.74, 6) is -0.771. The molecule has 0 radical (unpaired) electrons. The lowest BCUT2D eigenvalue weighted by atomic mass is 10.1. The number of amidine groups is 2. The van der Waals surface area contributed by atoms with Gasteiger partial charge >= 0.3 is 6.18 Å². The number of carbonyl (C=O) groups is 1. The number of nitrogens with zero attached hydrogens (tertiary/aromatic N) is 3. The van der Waals surface area contributed by atoms with E-state index in [2.05, 4.69) is 10.1 Å². The van der Waals surface area contributed by atoms with Crippen molar-refractivity contribution < 1.29 is 22.4 Å². The lowest BCUT2D eigenvalue weighted by molar-refractivity contribution is -0.114. The maximum Gasteiger partial charge on any atom is 0.441 e. The molecule has 1 N–H and O–H groups in total. The van der Waals surface area contributed by atoms with E-state index in [-0.39, 0.29) is 28.3 Å². The Balaban J connectivity index is 1.65. The minimum atomic E-state index is -4.70. The van der Waals surface area contributed by atoms with Gasteiger partial charge in [0.05, 0.1) is 15.6 Å². The summed E-state index contributed by atoms with van der Waals surface area (Å²) in [6.45, 7) is 0. The molecule has 0 unspecified atom stereocenters. The third-order valence-electron chi connectivity index (χ3n) is 3.81. The average Bonchev–Trinajstić information content (AvgIpc) is 3.28. The summed E-state index contributed by atoms with van der Waals surface area (Å²) in [6.07, 6.45) is -3.48. The van der Waals surface area contributed by atoms with Crippen molar-refractivity contribution in [1.29, 1.82) is 5.41 Å².